The van der Waals surface area contributed by atoms with Crippen LogP contribution in [0.15, 0.2) is 35.0 Å². The number of thiophene rings is 1. The summed E-state index contributed by atoms with van der Waals surface area (Å²) >= 11 is 8.20. The normalized spacial score (nSPS) is 16.9. The summed E-state index contributed by atoms with van der Waals surface area (Å²) < 4.78 is 13.3. The third-order valence-corrected chi connectivity index (χ3v) is 7.92. The van der Waals surface area contributed by atoms with Gasteiger partial charge in [-0.2, -0.15) is 0 Å². The average Bonchev–Trinajstić information content (AvgIpc) is 3.57. The van der Waals surface area contributed by atoms with Gasteiger partial charge in [-0.05, 0) is 24.3 Å². The Morgan fingerprint density at radius 2 is 2.20 bits per heavy atom. The Morgan fingerprint density at radius 3 is 3.06 bits per heavy atom. The van der Waals surface area contributed by atoms with Crippen LogP contribution in [0.2, 0.25) is 5.02 Å². The van der Waals surface area contributed by atoms with Gasteiger partial charge in [0.2, 0.25) is 5.91 Å². The van der Waals surface area contributed by atoms with E-state index in [-0.39, 0.29) is 17.9 Å². The molecule has 180 valence electrons. The third kappa shape index (κ3) is 4.09. The lowest BCUT2D eigenvalue weighted by molar-refractivity contribution is -0.124. The topological polar surface area (TPSA) is 89.3 Å². The molecule has 2 aliphatic rings. The van der Waals surface area contributed by atoms with Crippen LogP contribution in [-0.4, -0.2) is 22.6 Å². The first-order chi connectivity index (χ1) is 17.0. The second kappa shape index (κ2) is 8.93. The summed E-state index contributed by atoms with van der Waals surface area (Å²) in [7, 11) is 0. The molecule has 9 heteroatoms. The zero-order valence-electron chi connectivity index (χ0n) is 19.5. The lowest BCUT2D eigenvalue weighted by Gasteiger charge is -2.15. The van der Waals surface area contributed by atoms with Crippen LogP contribution in [0, 0.1) is 5.92 Å². The molecule has 2 aliphatic heterocycles. The molecular formula is C26H25ClN4O3S. The second-order valence-electron chi connectivity index (χ2n) is 9.31. The van der Waals surface area contributed by atoms with Gasteiger partial charge in [-0.15, -0.1) is 11.3 Å². The number of amides is 1. The van der Waals surface area contributed by atoms with Crippen LogP contribution in [0.25, 0.3) is 21.3 Å². The van der Waals surface area contributed by atoms with Crippen LogP contribution >= 0.6 is 22.9 Å². The molecule has 1 atom stereocenters. The van der Waals surface area contributed by atoms with Gasteiger partial charge in [-0.1, -0.05) is 30.6 Å². The van der Waals surface area contributed by atoms with Crippen LogP contribution in [0.4, 0.5) is 0 Å². The van der Waals surface area contributed by atoms with Gasteiger partial charge in [0.25, 0.3) is 0 Å². The second-order valence-corrected chi connectivity index (χ2v) is 10.9. The molecule has 6 rings (SSSR count). The summed E-state index contributed by atoms with van der Waals surface area (Å²) in [5.41, 5.74) is 6.02. The van der Waals surface area contributed by atoms with Crippen molar-refractivity contribution in [2.75, 3.05) is 6.54 Å². The Hall–Kier alpha value is -2.94. The van der Waals surface area contributed by atoms with E-state index >= 15 is 0 Å². The number of rotatable bonds is 5. The van der Waals surface area contributed by atoms with Crippen LogP contribution in [0.5, 0.6) is 5.75 Å². The summed E-state index contributed by atoms with van der Waals surface area (Å²) in [6.45, 7) is 5.91. The fourth-order valence-electron chi connectivity index (χ4n) is 4.75. The molecule has 5 heterocycles. The maximum absolute atomic E-state index is 12.0. The molecule has 7 nitrogen and oxygen atoms in total. The molecular weight excluding hydrogens is 484 g/mol. The van der Waals surface area contributed by atoms with E-state index in [9.17, 15) is 4.79 Å². The number of nitrogens with one attached hydrogen (secondary N) is 2. The Balaban J connectivity index is 1.36. The third-order valence-electron chi connectivity index (χ3n) is 6.54. The highest BCUT2D eigenvalue weighted by Gasteiger charge is 2.34. The summed E-state index contributed by atoms with van der Waals surface area (Å²) in [6.07, 6.45) is 3.11. The highest BCUT2D eigenvalue weighted by molar-refractivity contribution is 7.19. The van der Waals surface area contributed by atoms with Crippen LogP contribution in [-0.2, 0) is 30.7 Å². The van der Waals surface area contributed by atoms with E-state index in [4.69, 9.17) is 20.9 Å². The highest BCUT2D eigenvalue weighted by atomic mass is 35.5. The van der Waals surface area contributed by atoms with Crippen LogP contribution < -0.4 is 15.4 Å². The Labute approximate surface area is 211 Å². The molecule has 0 saturated heterocycles. The van der Waals surface area contributed by atoms with Crippen molar-refractivity contribution in [1.29, 1.82) is 0 Å². The maximum atomic E-state index is 12.0. The molecule has 0 aliphatic carbocycles. The number of hydrogen-bond acceptors (Lipinski definition) is 7. The SMILES string of the molecule is CC(C)C(=O)NCc1cc2nccc(-c3cc(Cl)cc4c3O[C@@H](c3onc5c3CNCC5)C4)c2s1. The predicted molar refractivity (Wildman–Crippen MR) is 136 cm³/mol. The average molecular weight is 509 g/mol. The number of hydrogen-bond donors (Lipinski definition) is 2. The van der Waals surface area contributed by atoms with Crippen molar-refractivity contribution in [3.63, 3.8) is 0 Å². The van der Waals surface area contributed by atoms with Crippen molar-refractivity contribution in [2.24, 2.45) is 5.92 Å². The minimum atomic E-state index is -0.235. The lowest BCUT2D eigenvalue weighted by Crippen LogP contribution is -2.26. The summed E-state index contributed by atoms with van der Waals surface area (Å²) in [5.74, 6) is 1.60. The number of fused-ring (bicyclic) bond motifs is 3. The number of halogens is 1. The number of pyridine rings is 1. The molecule has 0 saturated carbocycles. The highest BCUT2D eigenvalue weighted by Crippen LogP contribution is 2.48. The van der Waals surface area contributed by atoms with E-state index in [1.165, 1.54) is 0 Å². The number of nitrogens with zero attached hydrogens (tertiary/aromatic N) is 2. The van der Waals surface area contributed by atoms with Crippen molar-refractivity contribution in [2.45, 2.75) is 45.9 Å². The fourth-order valence-corrected chi connectivity index (χ4v) is 6.07. The first-order valence-electron chi connectivity index (χ1n) is 11.8. The molecule has 4 aromatic rings. The Bertz CT molecular complexity index is 1440. The predicted octanol–water partition coefficient (Wildman–Crippen LogP) is 5.20. The number of carbonyl (C=O) groups excluding carboxylic acids is 1. The molecule has 35 heavy (non-hydrogen) atoms. The van der Waals surface area contributed by atoms with Gasteiger partial charge in [-0.3, -0.25) is 9.78 Å². The molecule has 0 radical (unpaired) electrons. The van der Waals surface area contributed by atoms with Crippen LogP contribution in [0.3, 0.4) is 0 Å². The summed E-state index contributed by atoms with van der Waals surface area (Å²) in [4.78, 5) is 17.6. The smallest absolute Gasteiger partial charge is 0.222 e. The summed E-state index contributed by atoms with van der Waals surface area (Å²) in [5, 5.41) is 11.3. The summed E-state index contributed by atoms with van der Waals surface area (Å²) in [6, 6.07) is 7.96. The molecule has 1 amide bonds. The monoisotopic (exact) mass is 508 g/mol. The van der Waals surface area contributed by atoms with Gasteiger partial charge in [-0.25, -0.2) is 0 Å². The van der Waals surface area contributed by atoms with E-state index in [0.29, 0.717) is 18.0 Å². The number of ether oxygens (including phenoxy) is 1. The molecule has 2 N–H and O–H groups in total. The minimum absolute atomic E-state index is 0.0348. The van der Waals surface area contributed by atoms with E-state index in [2.05, 4.69) is 20.8 Å². The van der Waals surface area contributed by atoms with Crippen LogP contribution in [0.1, 0.15) is 47.4 Å². The molecule has 1 aromatic carbocycles. The van der Waals surface area contributed by atoms with Gasteiger partial charge in [0, 0.05) is 70.2 Å². The van der Waals surface area contributed by atoms with E-state index in [1.54, 1.807) is 17.5 Å². The Kier molecular flexibility index (Phi) is 5.75. The van der Waals surface area contributed by atoms with Crippen molar-refractivity contribution >= 4 is 39.1 Å². The Morgan fingerprint density at radius 1 is 1.31 bits per heavy atom. The first-order valence-corrected chi connectivity index (χ1v) is 13.0. The molecule has 0 bridgehead atoms. The van der Waals surface area contributed by atoms with Gasteiger partial charge < -0.3 is 19.9 Å². The fraction of sp³-hybridized carbons (Fsp3) is 0.346. The van der Waals surface area contributed by atoms with Gasteiger partial charge in [0.1, 0.15) is 5.75 Å². The minimum Gasteiger partial charge on any atom is -0.481 e. The molecule has 0 spiro atoms. The number of aromatic nitrogens is 2. The quantitative estimate of drug-likeness (QED) is 0.385. The standard InChI is InChI=1S/C26H25ClN4O3S/c1-13(2)26(32)30-11-16-10-21-25(35-16)17(3-6-29-21)18-9-15(27)7-14-8-22(33-23(14)18)24-19-12-28-5-4-20(19)31-34-24/h3,6-7,9-10,13,22,28H,4-5,8,11-12H2,1-2H3,(H,30,32)/t22-/m1/s1. The molecule has 3 aromatic heterocycles. The van der Waals surface area contributed by atoms with Crippen molar-refractivity contribution < 1.29 is 14.1 Å². The molecule has 0 fully saturated rings. The zero-order chi connectivity index (χ0) is 24.1. The van der Waals surface area contributed by atoms with E-state index < -0.39 is 0 Å². The van der Waals surface area contributed by atoms with Crippen molar-refractivity contribution in [1.82, 2.24) is 20.8 Å². The largest absolute Gasteiger partial charge is 0.481 e. The number of carbonyl (C=O) groups is 1. The van der Waals surface area contributed by atoms with E-state index in [1.807, 2.05) is 38.1 Å². The zero-order valence-corrected chi connectivity index (χ0v) is 21.1. The van der Waals surface area contributed by atoms with Crippen molar-refractivity contribution in [3.8, 4) is 16.9 Å². The van der Waals surface area contributed by atoms with Gasteiger partial charge >= 0.3 is 0 Å². The van der Waals surface area contributed by atoms with Gasteiger partial charge in [0.05, 0.1) is 22.5 Å². The molecule has 0 unspecified atom stereocenters. The van der Waals surface area contributed by atoms with Gasteiger partial charge in [0.15, 0.2) is 11.9 Å². The van der Waals surface area contributed by atoms with Crippen molar-refractivity contribution in [3.05, 3.63) is 62.9 Å². The lowest BCUT2D eigenvalue weighted by atomic mass is 9.99. The first kappa shape index (κ1) is 22.5. The maximum Gasteiger partial charge on any atom is 0.222 e. The number of benzene rings is 1. The van der Waals surface area contributed by atoms with E-state index in [0.717, 1.165) is 74.1 Å².